The molecule has 0 radical (unpaired) electrons. The predicted molar refractivity (Wildman–Crippen MR) is 92.8 cm³/mol. The predicted octanol–water partition coefficient (Wildman–Crippen LogP) is 3.74. The van der Waals surface area contributed by atoms with Gasteiger partial charge in [0.15, 0.2) is 0 Å². The summed E-state index contributed by atoms with van der Waals surface area (Å²) >= 11 is 3.59. The summed E-state index contributed by atoms with van der Waals surface area (Å²) in [7, 11) is 0. The molecule has 1 saturated heterocycles. The van der Waals surface area contributed by atoms with Gasteiger partial charge in [-0.05, 0) is 53.2 Å². The molecule has 2 atom stereocenters. The minimum atomic E-state index is -0.0407. The molecule has 1 fully saturated rings. The Hall–Kier alpha value is -0.520. The highest BCUT2D eigenvalue weighted by atomic mass is 32.2. The molecule has 1 aliphatic rings. The molecule has 0 bridgehead atoms. The van der Waals surface area contributed by atoms with Crippen molar-refractivity contribution in [3.8, 4) is 0 Å². The van der Waals surface area contributed by atoms with E-state index in [-0.39, 0.29) is 18.1 Å². The molecule has 1 N–H and O–H groups in total. The number of hydrogen-bond acceptors (Lipinski definition) is 4. The van der Waals surface area contributed by atoms with Gasteiger partial charge in [-0.1, -0.05) is 20.3 Å². The van der Waals surface area contributed by atoms with Gasteiger partial charge in [0, 0.05) is 6.54 Å². The number of unbranched alkanes of at least 4 members (excludes halogenated alkanes) is 2. The fourth-order valence-electron chi connectivity index (χ4n) is 2.77. The molecule has 0 saturated carbocycles. The summed E-state index contributed by atoms with van der Waals surface area (Å²) in [5, 5.41) is 7.76. The van der Waals surface area contributed by atoms with Crippen molar-refractivity contribution < 1.29 is 4.79 Å². The number of thiophene rings is 1. The maximum atomic E-state index is 12.6. The van der Waals surface area contributed by atoms with Crippen LogP contribution in [0.4, 0.5) is 0 Å². The molecule has 118 valence electrons. The zero-order valence-corrected chi connectivity index (χ0v) is 14.8. The summed E-state index contributed by atoms with van der Waals surface area (Å²) in [6.07, 6.45) is 5.75. The smallest absolute Gasteiger partial charge is 0.241 e. The summed E-state index contributed by atoms with van der Waals surface area (Å²) in [5.74, 6) is 1.82. The Morgan fingerprint density at radius 1 is 1.38 bits per heavy atom. The van der Waals surface area contributed by atoms with Crippen LogP contribution in [0.2, 0.25) is 0 Å². The van der Waals surface area contributed by atoms with Gasteiger partial charge >= 0.3 is 0 Å². The molecular formula is C16H26N2OS2. The number of rotatable bonds is 8. The van der Waals surface area contributed by atoms with Crippen LogP contribution in [0.3, 0.4) is 0 Å². The topological polar surface area (TPSA) is 32.3 Å². The molecule has 0 spiro atoms. The Bertz CT molecular complexity index is 433. The van der Waals surface area contributed by atoms with Crippen LogP contribution in [0.1, 0.15) is 44.8 Å². The van der Waals surface area contributed by atoms with E-state index in [1.54, 1.807) is 11.3 Å². The van der Waals surface area contributed by atoms with Gasteiger partial charge in [0.1, 0.15) is 6.17 Å². The molecule has 2 unspecified atom stereocenters. The second kappa shape index (κ2) is 8.20. The lowest BCUT2D eigenvalue weighted by atomic mass is 10.1. The lowest BCUT2D eigenvalue weighted by Crippen LogP contribution is -2.35. The van der Waals surface area contributed by atoms with E-state index < -0.39 is 0 Å². The third-order valence-corrected chi connectivity index (χ3v) is 5.37. The molecule has 0 aliphatic carbocycles. The van der Waals surface area contributed by atoms with Crippen molar-refractivity contribution in [2.75, 3.05) is 18.6 Å². The summed E-state index contributed by atoms with van der Waals surface area (Å²) in [6, 6.07) is 2.08. The minimum Gasteiger partial charge on any atom is -0.322 e. The van der Waals surface area contributed by atoms with Crippen LogP contribution in [0, 0.1) is 5.92 Å². The highest BCUT2D eigenvalue weighted by Crippen LogP contribution is 2.29. The highest BCUT2D eigenvalue weighted by Gasteiger charge is 2.40. The molecule has 2 rings (SSSR count). The van der Waals surface area contributed by atoms with Gasteiger partial charge in [-0.25, -0.2) is 0 Å². The summed E-state index contributed by atoms with van der Waals surface area (Å²) in [4.78, 5) is 14.7. The number of amides is 1. The van der Waals surface area contributed by atoms with Crippen molar-refractivity contribution in [1.82, 2.24) is 10.2 Å². The van der Waals surface area contributed by atoms with Crippen LogP contribution in [0.5, 0.6) is 0 Å². The number of hydrogen-bond donors (Lipinski definition) is 1. The van der Waals surface area contributed by atoms with Crippen molar-refractivity contribution in [2.45, 2.75) is 45.3 Å². The van der Waals surface area contributed by atoms with Gasteiger partial charge in [-0.3, -0.25) is 10.1 Å². The second-order valence-corrected chi connectivity index (χ2v) is 7.70. The van der Waals surface area contributed by atoms with Crippen LogP contribution in [0.25, 0.3) is 0 Å². The zero-order chi connectivity index (χ0) is 15.2. The zero-order valence-electron chi connectivity index (χ0n) is 13.2. The van der Waals surface area contributed by atoms with E-state index in [9.17, 15) is 4.79 Å². The fraction of sp³-hybridized carbons (Fsp3) is 0.688. The van der Waals surface area contributed by atoms with Crippen molar-refractivity contribution >= 4 is 29.0 Å². The van der Waals surface area contributed by atoms with Crippen molar-refractivity contribution in [3.63, 3.8) is 0 Å². The Kier molecular flexibility index (Phi) is 6.58. The first-order valence-corrected chi connectivity index (χ1v) is 10.1. The number of nitrogens with zero attached hydrogens (tertiary/aromatic N) is 1. The monoisotopic (exact) mass is 326 g/mol. The molecule has 2 heterocycles. The first kappa shape index (κ1) is 16.8. The van der Waals surface area contributed by atoms with Crippen molar-refractivity contribution in [1.29, 1.82) is 0 Å². The Balaban J connectivity index is 1.98. The van der Waals surface area contributed by atoms with Gasteiger partial charge in [-0.15, -0.1) is 0 Å². The quantitative estimate of drug-likeness (QED) is 0.739. The van der Waals surface area contributed by atoms with Gasteiger partial charge in [0.25, 0.3) is 0 Å². The molecule has 0 aromatic carbocycles. The third kappa shape index (κ3) is 4.24. The number of thioether (sulfide) groups is 1. The van der Waals surface area contributed by atoms with Gasteiger partial charge in [0.2, 0.25) is 5.91 Å². The van der Waals surface area contributed by atoms with Crippen LogP contribution in [-0.2, 0) is 4.79 Å². The Morgan fingerprint density at radius 2 is 2.19 bits per heavy atom. The van der Waals surface area contributed by atoms with E-state index in [1.165, 1.54) is 24.2 Å². The third-order valence-electron chi connectivity index (χ3n) is 3.97. The second-order valence-electron chi connectivity index (χ2n) is 5.93. The van der Waals surface area contributed by atoms with Gasteiger partial charge in [0.05, 0.1) is 6.04 Å². The summed E-state index contributed by atoms with van der Waals surface area (Å²) in [6.45, 7) is 5.09. The molecular weight excluding hydrogens is 300 g/mol. The lowest BCUT2D eigenvalue weighted by molar-refractivity contribution is -0.130. The highest BCUT2D eigenvalue weighted by molar-refractivity contribution is 7.98. The fourth-order valence-corrected chi connectivity index (χ4v) is 3.94. The standard InChI is InChI=1S/C16H26N2OS2/c1-12(2)14-16(19)18(8-5-4-6-9-20-3)15(17-14)13-7-10-21-11-13/h7,10-12,14-15,17H,4-6,8-9H2,1-3H3. The normalized spacial score (nSPS) is 22.5. The largest absolute Gasteiger partial charge is 0.322 e. The molecule has 1 amide bonds. The molecule has 21 heavy (non-hydrogen) atoms. The average Bonchev–Trinajstić information content (AvgIpc) is 3.07. The Morgan fingerprint density at radius 3 is 2.81 bits per heavy atom. The van der Waals surface area contributed by atoms with E-state index in [2.05, 4.69) is 42.2 Å². The molecule has 1 aliphatic heterocycles. The Labute approximate surface area is 136 Å². The van der Waals surface area contributed by atoms with E-state index in [0.29, 0.717) is 5.92 Å². The minimum absolute atomic E-state index is 0.0407. The molecule has 1 aromatic rings. The van der Waals surface area contributed by atoms with E-state index >= 15 is 0 Å². The first-order chi connectivity index (χ1) is 10.1. The summed E-state index contributed by atoms with van der Waals surface area (Å²) < 4.78 is 0. The van der Waals surface area contributed by atoms with Gasteiger partial charge < -0.3 is 4.90 Å². The van der Waals surface area contributed by atoms with Crippen LogP contribution in [0.15, 0.2) is 16.8 Å². The van der Waals surface area contributed by atoms with Crippen molar-refractivity contribution in [2.24, 2.45) is 5.92 Å². The van der Waals surface area contributed by atoms with E-state index in [0.717, 1.165) is 13.0 Å². The molecule has 1 aromatic heterocycles. The number of carbonyl (C=O) groups excluding carboxylic acids is 1. The van der Waals surface area contributed by atoms with Crippen LogP contribution in [-0.4, -0.2) is 35.4 Å². The molecule has 3 nitrogen and oxygen atoms in total. The van der Waals surface area contributed by atoms with Crippen LogP contribution >= 0.6 is 23.1 Å². The van der Waals surface area contributed by atoms with E-state index in [1.807, 2.05) is 16.7 Å². The SMILES string of the molecule is CSCCCCCN1C(=O)C(C(C)C)NC1c1ccsc1. The summed E-state index contributed by atoms with van der Waals surface area (Å²) in [5.41, 5.74) is 1.22. The first-order valence-electron chi connectivity index (χ1n) is 7.72. The van der Waals surface area contributed by atoms with Crippen molar-refractivity contribution in [3.05, 3.63) is 22.4 Å². The lowest BCUT2D eigenvalue weighted by Gasteiger charge is -2.23. The molecule has 5 heteroatoms. The number of carbonyl (C=O) groups is 1. The number of nitrogens with one attached hydrogen (secondary N) is 1. The van der Waals surface area contributed by atoms with E-state index in [4.69, 9.17) is 0 Å². The van der Waals surface area contributed by atoms with Crippen LogP contribution < -0.4 is 5.32 Å². The maximum Gasteiger partial charge on any atom is 0.241 e. The average molecular weight is 327 g/mol. The van der Waals surface area contributed by atoms with Gasteiger partial charge in [-0.2, -0.15) is 23.1 Å². The maximum absolute atomic E-state index is 12.6.